The van der Waals surface area contributed by atoms with Crippen molar-refractivity contribution in [2.45, 2.75) is 45.1 Å². The highest BCUT2D eigenvalue weighted by Crippen LogP contribution is 2.28. The van der Waals surface area contributed by atoms with Gasteiger partial charge in [-0.3, -0.25) is 0 Å². The molecule has 0 atom stereocenters. The lowest BCUT2D eigenvalue weighted by Gasteiger charge is -2.30. The van der Waals surface area contributed by atoms with Crippen LogP contribution >= 0.6 is 0 Å². The maximum Gasteiger partial charge on any atom is 0.0368 e. The Kier molecular flexibility index (Phi) is 4.43. The molecule has 2 nitrogen and oxygen atoms in total. The van der Waals surface area contributed by atoms with Crippen LogP contribution in [0, 0.1) is 0 Å². The van der Waals surface area contributed by atoms with Crippen LogP contribution in [0.5, 0.6) is 0 Å². The second kappa shape index (κ2) is 6.06. The van der Waals surface area contributed by atoms with Crippen LogP contribution in [0.15, 0.2) is 24.3 Å². The molecule has 17 heavy (non-hydrogen) atoms. The van der Waals surface area contributed by atoms with Crippen LogP contribution in [0.4, 0.5) is 5.69 Å². The summed E-state index contributed by atoms with van der Waals surface area (Å²) in [6.07, 6.45) is 6.49. The average molecular weight is 232 g/mol. The van der Waals surface area contributed by atoms with Gasteiger partial charge in [-0.15, -0.1) is 0 Å². The van der Waals surface area contributed by atoms with Crippen LogP contribution in [-0.2, 0) is 6.42 Å². The van der Waals surface area contributed by atoms with E-state index < -0.39 is 0 Å². The van der Waals surface area contributed by atoms with Gasteiger partial charge in [0.1, 0.15) is 0 Å². The summed E-state index contributed by atoms with van der Waals surface area (Å²) in [5, 5.41) is 0. The summed E-state index contributed by atoms with van der Waals surface area (Å²) >= 11 is 0. The largest absolute Gasteiger partial charge is 0.369 e. The van der Waals surface area contributed by atoms with Gasteiger partial charge in [0.2, 0.25) is 0 Å². The summed E-state index contributed by atoms with van der Waals surface area (Å²) in [7, 11) is 0. The highest BCUT2D eigenvalue weighted by molar-refractivity contribution is 5.48. The first-order chi connectivity index (χ1) is 8.35. The molecule has 1 saturated carbocycles. The summed E-state index contributed by atoms with van der Waals surface area (Å²) in [4.78, 5) is 2.55. The maximum absolute atomic E-state index is 5.57. The van der Waals surface area contributed by atoms with E-state index in [4.69, 9.17) is 5.73 Å². The first-order valence-electron chi connectivity index (χ1n) is 6.90. The number of benzene rings is 1. The zero-order chi connectivity index (χ0) is 12.1. The molecule has 0 radical (unpaired) electrons. The highest BCUT2D eigenvalue weighted by Gasteiger charge is 2.21. The van der Waals surface area contributed by atoms with Crippen molar-refractivity contribution >= 4 is 5.69 Å². The molecule has 0 saturated heterocycles. The van der Waals surface area contributed by atoms with Gasteiger partial charge >= 0.3 is 0 Å². The lowest BCUT2D eigenvalue weighted by atomic mass is 10.1. The minimum atomic E-state index is 0.736. The normalized spacial score (nSPS) is 16.4. The summed E-state index contributed by atoms with van der Waals surface area (Å²) in [6.45, 7) is 4.10. The standard InChI is InChI=1S/C15H24N2/c1-2-17(14-5-3-4-6-14)15-9-7-13(8-10-15)11-12-16/h7-10,14H,2-6,11-12,16H2,1H3. The van der Waals surface area contributed by atoms with Crippen molar-refractivity contribution < 1.29 is 0 Å². The monoisotopic (exact) mass is 232 g/mol. The number of anilines is 1. The third kappa shape index (κ3) is 3.01. The topological polar surface area (TPSA) is 29.3 Å². The van der Waals surface area contributed by atoms with Gasteiger partial charge < -0.3 is 10.6 Å². The Balaban J connectivity index is 2.07. The van der Waals surface area contributed by atoms with E-state index in [0.717, 1.165) is 25.6 Å². The van der Waals surface area contributed by atoms with Gasteiger partial charge in [-0.05, 0) is 50.4 Å². The molecule has 0 bridgehead atoms. The molecule has 2 heteroatoms. The quantitative estimate of drug-likeness (QED) is 0.845. The fraction of sp³-hybridized carbons (Fsp3) is 0.600. The molecule has 0 spiro atoms. The van der Waals surface area contributed by atoms with E-state index in [-0.39, 0.29) is 0 Å². The first kappa shape index (κ1) is 12.4. The molecular weight excluding hydrogens is 208 g/mol. The van der Waals surface area contributed by atoms with Gasteiger partial charge in [-0.25, -0.2) is 0 Å². The van der Waals surface area contributed by atoms with Crippen molar-refractivity contribution in [3.05, 3.63) is 29.8 Å². The van der Waals surface area contributed by atoms with Crippen molar-refractivity contribution in [3.8, 4) is 0 Å². The smallest absolute Gasteiger partial charge is 0.0368 e. The Morgan fingerprint density at radius 1 is 1.18 bits per heavy atom. The molecule has 1 aliphatic carbocycles. The van der Waals surface area contributed by atoms with E-state index in [9.17, 15) is 0 Å². The predicted octanol–water partition coefficient (Wildman–Crippen LogP) is 2.96. The number of nitrogens with two attached hydrogens (primary N) is 1. The molecule has 1 aromatic rings. The summed E-state index contributed by atoms with van der Waals surface area (Å²) in [5.41, 5.74) is 8.29. The Hall–Kier alpha value is -1.02. The predicted molar refractivity (Wildman–Crippen MR) is 74.5 cm³/mol. The lowest BCUT2D eigenvalue weighted by molar-refractivity contribution is 0.620. The molecule has 0 aromatic heterocycles. The van der Waals surface area contributed by atoms with E-state index >= 15 is 0 Å². The number of hydrogen-bond acceptors (Lipinski definition) is 2. The maximum atomic E-state index is 5.57. The van der Waals surface area contributed by atoms with Gasteiger partial charge in [-0.1, -0.05) is 25.0 Å². The molecule has 0 heterocycles. The van der Waals surface area contributed by atoms with E-state index in [1.807, 2.05) is 0 Å². The second-order valence-corrected chi connectivity index (χ2v) is 4.93. The van der Waals surface area contributed by atoms with Crippen LogP contribution in [-0.4, -0.2) is 19.1 Å². The van der Waals surface area contributed by atoms with E-state index in [1.54, 1.807) is 0 Å². The van der Waals surface area contributed by atoms with E-state index in [1.165, 1.54) is 36.9 Å². The summed E-state index contributed by atoms with van der Waals surface area (Å²) in [5.74, 6) is 0. The Labute approximate surface area is 105 Å². The van der Waals surface area contributed by atoms with Crippen molar-refractivity contribution in [1.29, 1.82) is 0 Å². The van der Waals surface area contributed by atoms with Gasteiger partial charge in [-0.2, -0.15) is 0 Å². The number of nitrogens with zero attached hydrogens (tertiary/aromatic N) is 1. The zero-order valence-electron chi connectivity index (χ0n) is 10.9. The number of rotatable bonds is 5. The number of hydrogen-bond donors (Lipinski definition) is 1. The Bertz CT molecular complexity index is 325. The summed E-state index contributed by atoms with van der Waals surface area (Å²) < 4.78 is 0. The van der Waals surface area contributed by atoms with Crippen molar-refractivity contribution in [1.82, 2.24) is 0 Å². The minimum absolute atomic E-state index is 0.736. The van der Waals surface area contributed by atoms with Crippen LogP contribution < -0.4 is 10.6 Å². The molecule has 94 valence electrons. The van der Waals surface area contributed by atoms with Gasteiger partial charge in [0.25, 0.3) is 0 Å². The van der Waals surface area contributed by atoms with E-state index in [0.29, 0.717) is 0 Å². The van der Waals surface area contributed by atoms with Crippen LogP contribution in [0.3, 0.4) is 0 Å². The molecule has 2 N–H and O–H groups in total. The third-order valence-electron chi connectivity index (χ3n) is 3.81. The molecule has 0 aliphatic heterocycles. The Morgan fingerprint density at radius 3 is 2.35 bits per heavy atom. The van der Waals surface area contributed by atoms with Gasteiger partial charge in [0.15, 0.2) is 0 Å². The van der Waals surface area contributed by atoms with Crippen molar-refractivity contribution in [2.75, 3.05) is 18.0 Å². The fourth-order valence-electron chi connectivity index (χ4n) is 2.89. The third-order valence-corrected chi connectivity index (χ3v) is 3.81. The SMILES string of the molecule is CCN(c1ccc(CCN)cc1)C1CCCC1. The fourth-order valence-corrected chi connectivity index (χ4v) is 2.89. The molecule has 1 aliphatic rings. The highest BCUT2D eigenvalue weighted by atomic mass is 15.2. The minimum Gasteiger partial charge on any atom is -0.369 e. The molecule has 2 rings (SSSR count). The first-order valence-corrected chi connectivity index (χ1v) is 6.90. The van der Waals surface area contributed by atoms with Crippen LogP contribution in [0.1, 0.15) is 38.2 Å². The molecule has 0 amide bonds. The molecular formula is C15H24N2. The second-order valence-electron chi connectivity index (χ2n) is 4.93. The van der Waals surface area contributed by atoms with E-state index in [2.05, 4.69) is 36.1 Å². The molecule has 0 unspecified atom stereocenters. The Morgan fingerprint density at radius 2 is 1.82 bits per heavy atom. The zero-order valence-corrected chi connectivity index (χ0v) is 10.9. The molecule has 1 aromatic carbocycles. The van der Waals surface area contributed by atoms with Gasteiger partial charge in [0.05, 0.1) is 0 Å². The average Bonchev–Trinajstić information content (AvgIpc) is 2.86. The molecule has 1 fully saturated rings. The lowest BCUT2D eigenvalue weighted by Crippen LogP contribution is -2.32. The van der Waals surface area contributed by atoms with Crippen molar-refractivity contribution in [3.63, 3.8) is 0 Å². The summed E-state index contributed by atoms with van der Waals surface area (Å²) in [6, 6.07) is 9.72. The van der Waals surface area contributed by atoms with Gasteiger partial charge in [0, 0.05) is 18.3 Å². The van der Waals surface area contributed by atoms with Crippen LogP contribution in [0.2, 0.25) is 0 Å². The van der Waals surface area contributed by atoms with Crippen molar-refractivity contribution in [2.24, 2.45) is 5.73 Å². The van der Waals surface area contributed by atoms with Crippen LogP contribution in [0.25, 0.3) is 0 Å².